The van der Waals surface area contributed by atoms with Crippen LogP contribution in [0, 0.1) is 11.8 Å². The van der Waals surface area contributed by atoms with Crippen LogP contribution in [0.15, 0.2) is 0 Å². The molecule has 0 spiro atoms. The van der Waals surface area contributed by atoms with Gasteiger partial charge in [-0.15, -0.1) is 0 Å². The van der Waals surface area contributed by atoms with Gasteiger partial charge in [-0.2, -0.15) is 0 Å². The van der Waals surface area contributed by atoms with Gasteiger partial charge in [0.2, 0.25) is 0 Å². The molecule has 1 aliphatic carbocycles. The van der Waals surface area contributed by atoms with Gasteiger partial charge < -0.3 is 15.6 Å². The van der Waals surface area contributed by atoms with E-state index in [4.69, 9.17) is 10.5 Å². The Morgan fingerprint density at radius 3 is 2.41 bits per heavy atom. The number of ether oxygens (including phenoxy) is 1. The maximum absolute atomic E-state index is 10.7. The van der Waals surface area contributed by atoms with Crippen LogP contribution < -0.4 is 5.73 Å². The van der Waals surface area contributed by atoms with Crippen LogP contribution >= 0.6 is 0 Å². The van der Waals surface area contributed by atoms with E-state index in [9.17, 15) is 5.11 Å². The molecule has 1 atom stereocenters. The van der Waals surface area contributed by atoms with Crippen LogP contribution in [0.3, 0.4) is 0 Å². The number of methoxy groups -OCH3 is 1. The van der Waals surface area contributed by atoms with E-state index < -0.39 is 5.60 Å². The van der Waals surface area contributed by atoms with Crippen molar-refractivity contribution >= 4 is 0 Å². The fourth-order valence-corrected chi connectivity index (χ4v) is 3.16. The lowest BCUT2D eigenvalue weighted by Gasteiger charge is -2.40. The van der Waals surface area contributed by atoms with E-state index in [1.165, 1.54) is 19.3 Å². The SMILES string of the molecule is CCC1CCC(C(O)(CCCN)COC)CC1. The van der Waals surface area contributed by atoms with E-state index in [2.05, 4.69) is 6.92 Å². The van der Waals surface area contributed by atoms with Crippen molar-refractivity contribution in [3.05, 3.63) is 0 Å². The molecule has 0 aromatic carbocycles. The molecule has 1 fully saturated rings. The zero-order valence-corrected chi connectivity index (χ0v) is 11.5. The number of aliphatic hydroxyl groups is 1. The molecule has 0 bridgehead atoms. The van der Waals surface area contributed by atoms with E-state index in [1.807, 2.05) is 0 Å². The molecule has 0 heterocycles. The number of hydrogen-bond donors (Lipinski definition) is 2. The van der Waals surface area contributed by atoms with Crippen molar-refractivity contribution < 1.29 is 9.84 Å². The van der Waals surface area contributed by atoms with Crippen LogP contribution in [0.4, 0.5) is 0 Å². The second kappa shape index (κ2) is 7.34. The third-order valence-electron chi connectivity index (χ3n) is 4.39. The number of hydrogen-bond acceptors (Lipinski definition) is 3. The Morgan fingerprint density at radius 1 is 1.29 bits per heavy atom. The van der Waals surface area contributed by atoms with Crippen molar-refractivity contribution in [1.29, 1.82) is 0 Å². The fourth-order valence-electron chi connectivity index (χ4n) is 3.16. The van der Waals surface area contributed by atoms with Gasteiger partial charge in [0.15, 0.2) is 0 Å². The zero-order valence-electron chi connectivity index (χ0n) is 11.5. The lowest BCUT2D eigenvalue weighted by Crippen LogP contribution is -2.44. The van der Waals surface area contributed by atoms with Gasteiger partial charge in [0.25, 0.3) is 0 Å². The molecule has 0 amide bonds. The Morgan fingerprint density at radius 2 is 1.94 bits per heavy atom. The van der Waals surface area contributed by atoms with Crippen LogP contribution in [0.1, 0.15) is 51.9 Å². The van der Waals surface area contributed by atoms with E-state index >= 15 is 0 Å². The molecular formula is C14H29NO2. The van der Waals surface area contributed by atoms with Crippen molar-refractivity contribution in [2.24, 2.45) is 17.6 Å². The average molecular weight is 243 g/mol. The number of nitrogens with two attached hydrogens (primary N) is 1. The van der Waals surface area contributed by atoms with Crippen LogP contribution in [-0.4, -0.2) is 31.0 Å². The monoisotopic (exact) mass is 243 g/mol. The maximum Gasteiger partial charge on any atom is 0.0908 e. The lowest BCUT2D eigenvalue weighted by atomic mass is 9.71. The van der Waals surface area contributed by atoms with Crippen molar-refractivity contribution in [1.82, 2.24) is 0 Å². The molecule has 0 aromatic rings. The summed E-state index contributed by atoms with van der Waals surface area (Å²) in [5.41, 5.74) is 4.91. The predicted octanol–water partition coefficient (Wildman–Crippen LogP) is 2.32. The van der Waals surface area contributed by atoms with Crippen LogP contribution in [-0.2, 0) is 4.74 Å². The molecule has 0 aromatic heterocycles. The summed E-state index contributed by atoms with van der Waals surface area (Å²) in [5, 5.41) is 10.7. The topological polar surface area (TPSA) is 55.5 Å². The van der Waals surface area contributed by atoms with Gasteiger partial charge in [0, 0.05) is 7.11 Å². The van der Waals surface area contributed by atoms with Crippen molar-refractivity contribution in [3.8, 4) is 0 Å². The first-order chi connectivity index (χ1) is 8.16. The molecule has 1 saturated carbocycles. The molecule has 102 valence electrons. The third kappa shape index (κ3) is 4.23. The summed E-state index contributed by atoms with van der Waals surface area (Å²) in [4.78, 5) is 0. The highest BCUT2D eigenvalue weighted by atomic mass is 16.5. The summed E-state index contributed by atoms with van der Waals surface area (Å²) in [6, 6.07) is 0. The first-order valence-electron chi connectivity index (χ1n) is 7.07. The van der Waals surface area contributed by atoms with Gasteiger partial charge in [-0.1, -0.05) is 26.2 Å². The molecule has 1 unspecified atom stereocenters. The molecule has 3 heteroatoms. The zero-order chi connectivity index (χ0) is 12.7. The second-order valence-electron chi connectivity index (χ2n) is 5.55. The minimum atomic E-state index is -0.646. The van der Waals surface area contributed by atoms with Crippen molar-refractivity contribution in [2.75, 3.05) is 20.3 Å². The predicted molar refractivity (Wildman–Crippen MR) is 70.9 cm³/mol. The average Bonchev–Trinajstić information content (AvgIpc) is 2.37. The third-order valence-corrected chi connectivity index (χ3v) is 4.39. The van der Waals surface area contributed by atoms with Crippen LogP contribution in [0.5, 0.6) is 0 Å². The highest BCUT2D eigenvalue weighted by molar-refractivity contribution is 4.89. The first kappa shape index (κ1) is 14.9. The van der Waals surface area contributed by atoms with Crippen molar-refractivity contribution in [3.63, 3.8) is 0 Å². The summed E-state index contributed by atoms with van der Waals surface area (Å²) in [5.74, 6) is 1.27. The van der Waals surface area contributed by atoms with Crippen molar-refractivity contribution in [2.45, 2.75) is 57.5 Å². The molecular weight excluding hydrogens is 214 g/mol. The molecule has 3 N–H and O–H groups in total. The Kier molecular flexibility index (Phi) is 6.45. The van der Waals surface area contributed by atoms with E-state index in [1.54, 1.807) is 7.11 Å². The lowest BCUT2D eigenvalue weighted by molar-refractivity contribution is -0.0929. The van der Waals surface area contributed by atoms with Gasteiger partial charge in [-0.3, -0.25) is 0 Å². The molecule has 0 saturated heterocycles. The van der Waals surface area contributed by atoms with Crippen LogP contribution in [0.25, 0.3) is 0 Å². The van der Waals surface area contributed by atoms with Gasteiger partial charge in [0.05, 0.1) is 12.2 Å². The molecule has 0 aliphatic heterocycles. The standard InChI is InChI=1S/C14H29NO2/c1-3-12-5-7-13(8-6-12)14(16,11-17-2)9-4-10-15/h12-13,16H,3-11,15H2,1-2H3. The summed E-state index contributed by atoms with van der Waals surface area (Å²) >= 11 is 0. The molecule has 1 rings (SSSR count). The largest absolute Gasteiger partial charge is 0.387 e. The van der Waals surface area contributed by atoms with E-state index in [-0.39, 0.29) is 0 Å². The summed E-state index contributed by atoms with van der Waals surface area (Å²) in [6.45, 7) is 3.37. The second-order valence-corrected chi connectivity index (χ2v) is 5.55. The minimum Gasteiger partial charge on any atom is -0.387 e. The van der Waals surface area contributed by atoms with Gasteiger partial charge in [-0.25, -0.2) is 0 Å². The molecule has 3 nitrogen and oxygen atoms in total. The Balaban J connectivity index is 2.52. The summed E-state index contributed by atoms with van der Waals surface area (Å²) in [6.07, 6.45) is 7.74. The minimum absolute atomic E-state index is 0.400. The van der Waals surface area contributed by atoms with Crippen LogP contribution in [0.2, 0.25) is 0 Å². The molecule has 0 radical (unpaired) electrons. The van der Waals surface area contributed by atoms with E-state index in [0.717, 1.165) is 31.6 Å². The molecule has 17 heavy (non-hydrogen) atoms. The van der Waals surface area contributed by atoms with E-state index in [0.29, 0.717) is 19.1 Å². The highest BCUT2D eigenvalue weighted by Crippen LogP contribution is 2.38. The Labute approximate surface area is 106 Å². The van der Waals surface area contributed by atoms with Gasteiger partial charge in [0.1, 0.15) is 0 Å². The Hall–Kier alpha value is -0.120. The highest BCUT2D eigenvalue weighted by Gasteiger charge is 2.38. The smallest absolute Gasteiger partial charge is 0.0908 e. The number of rotatable bonds is 7. The fraction of sp³-hybridized carbons (Fsp3) is 1.00. The normalized spacial score (nSPS) is 28.9. The summed E-state index contributed by atoms with van der Waals surface area (Å²) < 4.78 is 5.22. The Bertz CT molecular complexity index is 202. The quantitative estimate of drug-likeness (QED) is 0.721. The van der Waals surface area contributed by atoms with Gasteiger partial charge in [-0.05, 0) is 44.1 Å². The summed E-state index contributed by atoms with van der Waals surface area (Å²) in [7, 11) is 1.67. The van der Waals surface area contributed by atoms with Gasteiger partial charge >= 0.3 is 0 Å². The first-order valence-corrected chi connectivity index (χ1v) is 7.07. The maximum atomic E-state index is 10.7. The molecule has 1 aliphatic rings.